The fraction of sp³-hybridized carbons (Fsp3) is 0.360. The van der Waals surface area contributed by atoms with Crippen molar-refractivity contribution in [1.29, 1.82) is 0 Å². The smallest absolute Gasteiger partial charge is 0.262 e. The van der Waals surface area contributed by atoms with Gasteiger partial charge in [0.25, 0.3) is 5.91 Å². The van der Waals surface area contributed by atoms with Crippen LogP contribution >= 0.6 is 0 Å². The molecule has 1 aromatic heterocycles. The summed E-state index contributed by atoms with van der Waals surface area (Å²) < 4.78 is 18.6. The first kappa shape index (κ1) is 22.7. The molecule has 174 valence electrons. The molecule has 1 aliphatic rings. The number of rotatable bonds is 10. The van der Waals surface area contributed by atoms with E-state index in [2.05, 4.69) is 15.7 Å². The van der Waals surface area contributed by atoms with E-state index in [1.54, 1.807) is 42.3 Å². The van der Waals surface area contributed by atoms with E-state index in [0.29, 0.717) is 24.1 Å². The van der Waals surface area contributed by atoms with Crippen LogP contribution in [0.2, 0.25) is 0 Å². The van der Waals surface area contributed by atoms with Crippen LogP contribution < -0.4 is 24.8 Å². The summed E-state index contributed by atoms with van der Waals surface area (Å²) in [5.74, 6) is 1.85. The maximum absolute atomic E-state index is 12.5. The van der Waals surface area contributed by atoms with E-state index in [1.165, 1.54) is 12.8 Å². The highest BCUT2D eigenvalue weighted by molar-refractivity contribution is 5.93. The molecule has 0 radical (unpaired) electrons. The number of methoxy groups -OCH3 is 1. The van der Waals surface area contributed by atoms with Crippen molar-refractivity contribution in [3.8, 4) is 28.5 Å². The number of hydrogen-bond acceptors (Lipinski definition) is 6. The largest absolute Gasteiger partial charge is 0.497 e. The number of nitrogens with zero attached hydrogens (tertiary/aromatic N) is 2. The van der Waals surface area contributed by atoms with Gasteiger partial charge in [0.2, 0.25) is 0 Å². The fourth-order valence-electron chi connectivity index (χ4n) is 3.90. The molecule has 0 bridgehead atoms. The highest BCUT2D eigenvalue weighted by Crippen LogP contribution is 2.32. The monoisotopic (exact) mass is 450 g/mol. The summed E-state index contributed by atoms with van der Waals surface area (Å²) in [5, 5.41) is 10.7. The topological polar surface area (TPSA) is 86.6 Å². The Hall–Kier alpha value is -3.52. The second kappa shape index (κ2) is 10.9. The van der Waals surface area contributed by atoms with Gasteiger partial charge in [-0.25, -0.2) is 0 Å². The van der Waals surface area contributed by atoms with Crippen molar-refractivity contribution in [3.05, 3.63) is 54.7 Å². The Morgan fingerprint density at radius 2 is 1.97 bits per heavy atom. The van der Waals surface area contributed by atoms with Crippen molar-refractivity contribution in [3.63, 3.8) is 0 Å². The summed E-state index contributed by atoms with van der Waals surface area (Å²) in [4.78, 5) is 12.5. The van der Waals surface area contributed by atoms with Crippen molar-refractivity contribution >= 4 is 11.6 Å². The first-order chi connectivity index (χ1) is 16.1. The molecule has 4 rings (SSSR count). The molecule has 0 aliphatic carbocycles. The van der Waals surface area contributed by atoms with Gasteiger partial charge in [0.1, 0.15) is 17.2 Å². The van der Waals surface area contributed by atoms with Gasteiger partial charge in [-0.3, -0.25) is 9.48 Å². The summed E-state index contributed by atoms with van der Waals surface area (Å²) in [7, 11) is 3.49. The number of carbonyl (C=O) groups is 1. The maximum Gasteiger partial charge on any atom is 0.262 e. The van der Waals surface area contributed by atoms with Crippen LogP contribution in [0.1, 0.15) is 19.3 Å². The van der Waals surface area contributed by atoms with Crippen LogP contribution in [-0.2, 0) is 11.8 Å². The second-order valence-electron chi connectivity index (χ2n) is 7.99. The lowest BCUT2D eigenvalue weighted by Crippen LogP contribution is -2.23. The van der Waals surface area contributed by atoms with Crippen LogP contribution in [-0.4, -0.2) is 48.6 Å². The summed E-state index contributed by atoms with van der Waals surface area (Å²) in [6.45, 7) is 1.62. The Labute approximate surface area is 193 Å². The van der Waals surface area contributed by atoms with Crippen LogP contribution in [0.15, 0.2) is 54.7 Å². The van der Waals surface area contributed by atoms with Gasteiger partial charge in [-0.2, -0.15) is 5.10 Å². The summed E-state index contributed by atoms with van der Waals surface area (Å²) in [6, 6.07) is 15.2. The Morgan fingerprint density at radius 1 is 1.15 bits per heavy atom. The van der Waals surface area contributed by atoms with E-state index in [-0.39, 0.29) is 12.5 Å². The molecule has 1 saturated heterocycles. The highest BCUT2D eigenvalue weighted by atomic mass is 16.5. The van der Waals surface area contributed by atoms with Gasteiger partial charge in [0.05, 0.1) is 19.4 Å². The lowest BCUT2D eigenvalue weighted by Gasteiger charge is -2.16. The zero-order chi connectivity index (χ0) is 23.0. The lowest BCUT2D eigenvalue weighted by atomic mass is 10.1. The number of nitrogens with one attached hydrogen (secondary N) is 2. The van der Waals surface area contributed by atoms with Crippen molar-refractivity contribution in [2.45, 2.75) is 25.3 Å². The molecule has 3 aromatic rings. The predicted octanol–water partition coefficient (Wildman–Crippen LogP) is 3.63. The quantitative estimate of drug-likeness (QED) is 0.491. The molecule has 0 spiro atoms. The zero-order valence-corrected chi connectivity index (χ0v) is 19.0. The van der Waals surface area contributed by atoms with E-state index >= 15 is 0 Å². The number of benzene rings is 2. The molecule has 1 atom stereocenters. The summed E-state index contributed by atoms with van der Waals surface area (Å²) in [5.41, 5.74) is 2.46. The average Bonchev–Trinajstić information content (AvgIpc) is 3.50. The summed E-state index contributed by atoms with van der Waals surface area (Å²) in [6.07, 6.45) is 5.13. The standard InChI is InChI=1S/C25H30N4O4/c1-29-23(11-14-27-29)22-16-19(5-10-24(22)32-15-12-18-4-3-13-26-18)28-25(30)17-33-21-8-6-20(31-2)7-9-21/h5-11,14,16,18,26H,3-4,12-13,15,17H2,1-2H3,(H,28,30). The number of aromatic nitrogens is 2. The first-order valence-electron chi connectivity index (χ1n) is 11.2. The molecule has 1 aliphatic heterocycles. The molecule has 2 aromatic carbocycles. The number of carbonyl (C=O) groups excluding carboxylic acids is 1. The normalized spacial score (nSPS) is 15.3. The van der Waals surface area contributed by atoms with Gasteiger partial charge in [-0.05, 0) is 74.3 Å². The second-order valence-corrected chi connectivity index (χ2v) is 7.99. The van der Waals surface area contributed by atoms with Crippen LogP contribution in [0.3, 0.4) is 0 Å². The molecule has 33 heavy (non-hydrogen) atoms. The Bertz CT molecular complexity index is 1060. The molecule has 1 fully saturated rings. The summed E-state index contributed by atoms with van der Waals surface area (Å²) >= 11 is 0. The fourth-order valence-corrected chi connectivity index (χ4v) is 3.90. The minimum absolute atomic E-state index is 0.0972. The third kappa shape index (κ3) is 6.04. The predicted molar refractivity (Wildman–Crippen MR) is 127 cm³/mol. The number of aryl methyl sites for hydroxylation is 1. The maximum atomic E-state index is 12.5. The Kier molecular flexibility index (Phi) is 7.47. The number of amides is 1. The molecular weight excluding hydrogens is 420 g/mol. The van der Waals surface area contributed by atoms with E-state index in [4.69, 9.17) is 14.2 Å². The zero-order valence-electron chi connectivity index (χ0n) is 19.0. The molecule has 8 nitrogen and oxygen atoms in total. The number of anilines is 1. The molecule has 0 saturated carbocycles. The van der Waals surface area contributed by atoms with Gasteiger partial charge in [-0.15, -0.1) is 0 Å². The van der Waals surface area contributed by atoms with Crippen LogP contribution in [0, 0.1) is 0 Å². The van der Waals surface area contributed by atoms with Crippen molar-refractivity contribution < 1.29 is 19.0 Å². The van der Waals surface area contributed by atoms with Gasteiger partial charge >= 0.3 is 0 Å². The molecular formula is C25H30N4O4. The third-order valence-electron chi connectivity index (χ3n) is 5.68. The molecule has 1 unspecified atom stereocenters. The van der Waals surface area contributed by atoms with E-state index in [1.807, 2.05) is 31.3 Å². The van der Waals surface area contributed by atoms with Gasteiger partial charge in [0.15, 0.2) is 6.61 Å². The number of hydrogen-bond donors (Lipinski definition) is 2. The van der Waals surface area contributed by atoms with E-state index < -0.39 is 0 Å². The van der Waals surface area contributed by atoms with Crippen LogP contribution in [0.5, 0.6) is 17.2 Å². The Balaban J connectivity index is 1.40. The lowest BCUT2D eigenvalue weighted by molar-refractivity contribution is -0.118. The molecule has 2 heterocycles. The number of ether oxygens (including phenoxy) is 3. The first-order valence-corrected chi connectivity index (χ1v) is 11.2. The molecule has 2 N–H and O–H groups in total. The van der Waals surface area contributed by atoms with Crippen molar-refractivity contribution in [2.24, 2.45) is 7.05 Å². The van der Waals surface area contributed by atoms with Crippen molar-refractivity contribution in [1.82, 2.24) is 15.1 Å². The molecule has 1 amide bonds. The van der Waals surface area contributed by atoms with Crippen molar-refractivity contribution in [2.75, 3.05) is 32.2 Å². The third-order valence-corrected chi connectivity index (χ3v) is 5.68. The minimum Gasteiger partial charge on any atom is -0.497 e. The van der Waals surface area contributed by atoms with Crippen LogP contribution in [0.4, 0.5) is 5.69 Å². The minimum atomic E-state index is -0.247. The van der Waals surface area contributed by atoms with Crippen LogP contribution in [0.25, 0.3) is 11.3 Å². The Morgan fingerprint density at radius 3 is 2.67 bits per heavy atom. The van der Waals surface area contributed by atoms with Gasteiger partial charge < -0.3 is 24.8 Å². The van der Waals surface area contributed by atoms with Gasteiger partial charge in [-0.1, -0.05) is 0 Å². The highest BCUT2D eigenvalue weighted by Gasteiger charge is 2.16. The average molecular weight is 451 g/mol. The van der Waals surface area contributed by atoms with E-state index in [0.717, 1.165) is 35.7 Å². The molecule has 8 heteroatoms. The van der Waals surface area contributed by atoms with Gasteiger partial charge in [0, 0.05) is 30.5 Å². The SMILES string of the molecule is COc1ccc(OCC(=O)Nc2ccc(OCCC3CCCN3)c(-c3ccnn3C)c2)cc1. The van der Waals surface area contributed by atoms with E-state index in [9.17, 15) is 4.79 Å².